The van der Waals surface area contributed by atoms with Crippen LogP contribution in [0.2, 0.25) is 0 Å². The molecule has 1 saturated heterocycles. The Labute approximate surface area is 124 Å². The highest BCUT2D eigenvalue weighted by Gasteiger charge is 2.25. The van der Waals surface area contributed by atoms with Gasteiger partial charge in [-0.1, -0.05) is 12.1 Å². The Kier molecular flexibility index (Phi) is 3.87. The number of fused-ring (bicyclic) bond motifs is 1. The van der Waals surface area contributed by atoms with Crippen LogP contribution in [0, 0.1) is 0 Å². The number of hydrogen-bond acceptors (Lipinski definition) is 3. The minimum atomic E-state index is 0.406. The standard InChI is InChI=1S/C15H19N3OS/c1-2-16-15(20)18-9-7-11(8-10-18)14-17-12-5-3-4-6-13(12)19-14/h3-6,11H,2,7-10H2,1H3,(H,16,20). The average molecular weight is 289 g/mol. The van der Waals surface area contributed by atoms with Gasteiger partial charge in [-0.15, -0.1) is 0 Å². The Morgan fingerprint density at radius 1 is 1.40 bits per heavy atom. The number of rotatable bonds is 2. The average Bonchev–Trinajstić information content (AvgIpc) is 2.91. The van der Waals surface area contributed by atoms with E-state index in [1.807, 2.05) is 24.3 Å². The molecule has 0 aliphatic carbocycles. The van der Waals surface area contributed by atoms with Crippen molar-refractivity contribution in [2.75, 3.05) is 19.6 Å². The van der Waals surface area contributed by atoms with Crippen molar-refractivity contribution < 1.29 is 4.42 Å². The Morgan fingerprint density at radius 2 is 2.15 bits per heavy atom. The molecule has 20 heavy (non-hydrogen) atoms. The van der Waals surface area contributed by atoms with E-state index in [9.17, 15) is 0 Å². The van der Waals surface area contributed by atoms with Gasteiger partial charge < -0.3 is 14.6 Å². The summed E-state index contributed by atoms with van der Waals surface area (Å²) in [7, 11) is 0. The second-order valence-corrected chi connectivity index (χ2v) is 5.50. The van der Waals surface area contributed by atoms with Crippen LogP contribution in [0.3, 0.4) is 0 Å². The van der Waals surface area contributed by atoms with Crippen molar-refractivity contribution in [2.45, 2.75) is 25.7 Å². The van der Waals surface area contributed by atoms with Gasteiger partial charge in [0.25, 0.3) is 0 Å². The number of oxazole rings is 1. The molecule has 0 radical (unpaired) electrons. The third-order valence-corrected chi connectivity index (χ3v) is 4.17. The molecule has 1 fully saturated rings. The van der Waals surface area contributed by atoms with E-state index >= 15 is 0 Å². The fraction of sp³-hybridized carbons (Fsp3) is 0.467. The normalized spacial score (nSPS) is 16.6. The molecule has 4 nitrogen and oxygen atoms in total. The van der Waals surface area contributed by atoms with Crippen molar-refractivity contribution in [2.24, 2.45) is 0 Å². The minimum Gasteiger partial charge on any atom is -0.440 e. The zero-order valence-electron chi connectivity index (χ0n) is 11.6. The summed E-state index contributed by atoms with van der Waals surface area (Å²) in [5.41, 5.74) is 1.83. The van der Waals surface area contributed by atoms with Crippen LogP contribution in [-0.4, -0.2) is 34.6 Å². The lowest BCUT2D eigenvalue weighted by Gasteiger charge is -2.32. The maximum Gasteiger partial charge on any atom is 0.198 e. The predicted molar refractivity (Wildman–Crippen MR) is 83.8 cm³/mol. The molecule has 1 aromatic carbocycles. The number of piperidine rings is 1. The van der Waals surface area contributed by atoms with Crippen LogP contribution in [-0.2, 0) is 0 Å². The number of likely N-dealkylation sites (tertiary alicyclic amines) is 1. The molecule has 1 aliphatic heterocycles. The molecule has 1 N–H and O–H groups in total. The molecule has 0 saturated carbocycles. The first-order chi connectivity index (χ1) is 9.78. The van der Waals surface area contributed by atoms with Crippen LogP contribution in [0.1, 0.15) is 31.6 Å². The van der Waals surface area contributed by atoms with Gasteiger partial charge in [-0.3, -0.25) is 0 Å². The molecular weight excluding hydrogens is 270 g/mol. The van der Waals surface area contributed by atoms with Gasteiger partial charge in [0, 0.05) is 25.6 Å². The van der Waals surface area contributed by atoms with Crippen molar-refractivity contribution in [3.05, 3.63) is 30.2 Å². The first-order valence-corrected chi connectivity index (χ1v) is 7.57. The molecule has 1 aromatic heterocycles. The number of hydrogen-bond donors (Lipinski definition) is 1. The summed E-state index contributed by atoms with van der Waals surface area (Å²) < 4.78 is 5.87. The van der Waals surface area contributed by atoms with Crippen LogP contribution in [0.4, 0.5) is 0 Å². The first-order valence-electron chi connectivity index (χ1n) is 7.16. The molecule has 0 atom stereocenters. The lowest BCUT2D eigenvalue weighted by atomic mass is 9.97. The van der Waals surface area contributed by atoms with Gasteiger partial charge in [-0.2, -0.15) is 0 Å². The smallest absolute Gasteiger partial charge is 0.198 e. The number of nitrogens with one attached hydrogen (secondary N) is 1. The monoisotopic (exact) mass is 289 g/mol. The summed E-state index contributed by atoms with van der Waals surface area (Å²) in [6.45, 7) is 4.88. The molecule has 0 amide bonds. The third kappa shape index (κ3) is 2.63. The fourth-order valence-electron chi connectivity index (χ4n) is 2.66. The zero-order chi connectivity index (χ0) is 13.9. The molecular formula is C15H19N3OS. The van der Waals surface area contributed by atoms with E-state index in [1.54, 1.807) is 0 Å². The van der Waals surface area contributed by atoms with Crippen LogP contribution >= 0.6 is 12.2 Å². The SMILES string of the molecule is CCNC(=S)N1CCC(c2nc3ccccc3o2)CC1. The largest absolute Gasteiger partial charge is 0.440 e. The minimum absolute atomic E-state index is 0.406. The maximum absolute atomic E-state index is 5.87. The number of para-hydroxylation sites is 2. The van der Waals surface area contributed by atoms with Crippen LogP contribution in [0.25, 0.3) is 11.1 Å². The van der Waals surface area contributed by atoms with Crippen molar-refractivity contribution in [3.8, 4) is 0 Å². The summed E-state index contributed by atoms with van der Waals surface area (Å²) in [5.74, 6) is 1.28. The lowest BCUT2D eigenvalue weighted by Crippen LogP contribution is -2.43. The van der Waals surface area contributed by atoms with Gasteiger partial charge >= 0.3 is 0 Å². The second kappa shape index (κ2) is 5.79. The van der Waals surface area contributed by atoms with Crippen LogP contribution in [0.5, 0.6) is 0 Å². The highest BCUT2D eigenvalue weighted by Crippen LogP contribution is 2.29. The number of nitrogens with zero attached hydrogens (tertiary/aromatic N) is 2. The molecule has 0 unspecified atom stereocenters. The number of thiocarbonyl (C=S) groups is 1. The van der Waals surface area contributed by atoms with Gasteiger partial charge in [-0.05, 0) is 44.1 Å². The van der Waals surface area contributed by atoms with E-state index in [-0.39, 0.29) is 0 Å². The Bertz CT molecular complexity index is 569. The van der Waals surface area contributed by atoms with Crippen molar-refractivity contribution in [3.63, 3.8) is 0 Å². The first kappa shape index (κ1) is 13.4. The molecule has 106 valence electrons. The predicted octanol–water partition coefficient (Wildman–Crippen LogP) is 2.90. The molecule has 0 spiro atoms. The molecule has 0 bridgehead atoms. The Hall–Kier alpha value is -1.62. The second-order valence-electron chi connectivity index (χ2n) is 5.12. The summed E-state index contributed by atoms with van der Waals surface area (Å²) in [6, 6.07) is 7.94. The lowest BCUT2D eigenvalue weighted by molar-refractivity contribution is 0.285. The Morgan fingerprint density at radius 3 is 2.85 bits per heavy atom. The summed E-state index contributed by atoms with van der Waals surface area (Å²) in [6.07, 6.45) is 2.08. The molecule has 3 rings (SSSR count). The summed E-state index contributed by atoms with van der Waals surface area (Å²) in [4.78, 5) is 6.84. The topological polar surface area (TPSA) is 41.3 Å². The molecule has 5 heteroatoms. The highest BCUT2D eigenvalue weighted by molar-refractivity contribution is 7.80. The van der Waals surface area contributed by atoms with E-state index in [2.05, 4.69) is 22.1 Å². The highest BCUT2D eigenvalue weighted by atomic mass is 32.1. The van der Waals surface area contributed by atoms with Gasteiger partial charge in [0.05, 0.1) is 0 Å². The van der Waals surface area contributed by atoms with E-state index in [0.717, 1.165) is 54.6 Å². The van der Waals surface area contributed by atoms with Gasteiger partial charge in [0.15, 0.2) is 16.6 Å². The zero-order valence-corrected chi connectivity index (χ0v) is 12.4. The maximum atomic E-state index is 5.87. The molecule has 2 aromatic rings. The van der Waals surface area contributed by atoms with E-state index in [1.165, 1.54) is 0 Å². The van der Waals surface area contributed by atoms with Gasteiger partial charge in [0.1, 0.15) is 5.52 Å². The van der Waals surface area contributed by atoms with Gasteiger partial charge in [-0.25, -0.2) is 4.98 Å². The van der Waals surface area contributed by atoms with Crippen molar-refractivity contribution in [1.29, 1.82) is 0 Å². The molecule has 1 aliphatic rings. The van der Waals surface area contributed by atoms with Crippen molar-refractivity contribution in [1.82, 2.24) is 15.2 Å². The van der Waals surface area contributed by atoms with E-state index in [4.69, 9.17) is 16.6 Å². The van der Waals surface area contributed by atoms with Crippen LogP contribution < -0.4 is 5.32 Å². The number of aromatic nitrogens is 1. The summed E-state index contributed by atoms with van der Waals surface area (Å²) >= 11 is 5.36. The van der Waals surface area contributed by atoms with Gasteiger partial charge in [0.2, 0.25) is 0 Å². The Balaban J connectivity index is 1.67. The van der Waals surface area contributed by atoms with E-state index in [0.29, 0.717) is 5.92 Å². The third-order valence-electron chi connectivity index (χ3n) is 3.77. The van der Waals surface area contributed by atoms with Crippen LogP contribution in [0.15, 0.2) is 28.7 Å². The van der Waals surface area contributed by atoms with Crippen molar-refractivity contribution >= 4 is 28.4 Å². The van der Waals surface area contributed by atoms with E-state index < -0.39 is 0 Å². The molecule has 2 heterocycles. The number of benzene rings is 1. The quantitative estimate of drug-likeness (QED) is 0.861. The fourth-order valence-corrected chi connectivity index (χ4v) is 2.98. The summed E-state index contributed by atoms with van der Waals surface area (Å²) in [5, 5.41) is 4.07.